The molecule has 8 heteroatoms. The van der Waals surface area contributed by atoms with Crippen molar-refractivity contribution in [2.75, 3.05) is 0 Å². The monoisotopic (exact) mass is 409 g/mol. The van der Waals surface area contributed by atoms with Crippen LogP contribution < -0.4 is 10.9 Å². The van der Waals surface area contributed by atoms with E-state index in [0.717, 1.165) is 16.0 Å². The fourth-order valence-corrected chi connectivity index (χ4v) is 3.74. The molecular formula is C21H16FN3O3S. The zero-order valence-corrected chi connectivity index (χ0v) is 15.9. The third-order valence-corrected chi connectivity index (χ3v) is 5.48. The highest BCUT2D eigenvalue weighted by atomic mass is 32.1. The number of nitrogens with zero attached hydrogens (tertiary/aromatic N) is 1. The van der Waals surface area contributed by atoms with Crippen LogP contribution in [-0.4, -0.2) is 17.5 Å². The molecule has 1 unspecified atom stereocenters. The van der Waals surface area contributed by atoms with E-state index in [2.05, 4.69) is 16.0 Å². The van der Waals surface area contributed by atoms with E-state index < -0.39 is 11.8 Å². The zero-order chi connectivity index (χ0) is 20.2. The van der Waals surface area contributed by atoms with Crippen LogP contribution in [0.15, 0.2) is 71.9 Å². The van der Waals surface area contributed by atoms with Gasteiger partial charge < -0.3 is 4.84 Å². The van der Waals surface area contributed by atoms with E-state index in [4.69, 9.17) is 4.84 Å². The number of hydrazine groups is 1. The Balaban J connectivity index is 1.32. The van der Waals surface area contributed by atoms with Gasteiger partial charge in [-0.3, -0.25) is 20.4 Å². The largest absolute Gasteiger partial charge is 0.387 e. The average Bonchev–Trinajstić information content (AvgIpc) is 3.43. The summed E-state index contributed by atoms with van der Waals surface area (Å²) in [5.41, 5.74) is 6.68. The molecule has 0 spiro atoms. The van der Waals surface area contributed by atoms with Gasteiger partial charge in [-0.2, -0.15) is 0 Å². The van der Waals surface area contributed by atoms with E-state index in [9.17, 15) is 14.0 Å². The van der Waals surface area contributed by atoms with Crippen molar-refractivity contribution >= 4 is 28.9 Å². The van der Waals surface area contributed by atoms with E-state index in [1.54, 1.807) is 24.3 Å². The second kappa shape index (κ2) is 8.24. The van der Waals surface area contributed by atoms with Gasteiger partial charge in [-0.05, 0) is 35.4 Å². The molecule has 1 atom stereocenters. The van der Waals surface area contributed by atoms with E-state index in [1.165, 1.54) is 23.5 Å². The highest BCUT2D eigenvalue weighted by molar-refractivity contribution is 7.17. The molecule has 0 radical (unpaired) electrons. The molecule has 0 fully saturated rings. The summed E-state index contributed by atoms with van der Waals surface area (Å²) < 4.78 is 13.0. The number of thiophene rings is 1. The van der Waals surface area contributed by atoms with Crippen LogP contribution in [0.1, 0.15) is 27.8 Å². The van der Waals surface area contributed by atoms with Gasteiger partial charge in [0.1, 0.15) is 5.82 Å². The minimum Gasteiger partial charge on any atom is -0.387 e. The normalized spacial score (nSPS) is 15.3. The Morgan fingerprint density at radius 3 is 2.45 bits per heavy atom. The van der Waals surface area contributed by atoms with Crippen molar-refractivity contribution in [3.63, 3.8) is 0 Å². The topological polar surface area (TPSA) is 79.8 Å². The van der Waals surface area contributed by atoms with Crippen molar-refractivity contribution in [1.82, 2.24) is 10.9 Å². The van der Waals surface area contributed by atoms with Gasteiger partial charge in [-0.25, -0.2) is 4.39 Å². The number of benzene rings is 2. The van der Waals surface area contributed by atoms with Gasteiger partial charge in [0.15, 0.2) is 11.8 Å². The minimum absolute atomic E-state index is 0.206. The molecule has 4 rings (SSSR count). The van der Waals surface area contributed by atoms with Gasteiger partial charge in [0.25, 0.3) is 11.8 Å². The first-order chi connectivity index (χ1) is 14.1. The number of amides is 2. The van der Waals surface area contributed by atoms with Gasteiger partial charge >= 0.3 is 0 Å². The predicted octanol–water partition coefficient (Wildman–Crippen LogP) is 3.83. The fourth-order valence-electron chi connectivity index (χ4n) is 2.83. The number of carbonyl (C=O) groups excluding carboxylic acids is 2. The van der Waals surface area contributed by atoms with E-state index in [-0.39, 0.29) is 17.6 Å². The molecule has 2 amide bonds. The van der Waals surface area contributed by atoms with Crippen molar-refractivity contribution in [3.8, 4) is 10.4 Å². The van der Waals surface area contributed by atoms with Crippen molar-refractivity contribution in [1.29, 1.82) is 0 Å². The maximum Gasteiger partial charge on any atom is 0.287 e. The van der Waals surface area contributed by atoms with Crippen LogP contribution in [0.4, 0.5) is 4.39 Å². The first kappa shape index (κ1) is 18.8. The quantitative estimate of drug-likeness (QED) is 0.643. The van der Waals surface area contributed by atoms with Crippen LogP contribution in [0.3, 0.4) is 0 Å². The van der Waals surface area contributed by atoms with Crippen molar-refractivity contribution in [2.45, 2.75) is 12.5 Å². The summed E-state index contributed by atoms with van der Waals surface area (Å²) in [5.74, 6) is -1.29. The first-order valence-electron chi connectivity index (χ1n) is 8.84. The lowest BCUT2D eigenvalue weighted by Gasteiger charge is -2.07. The molecule has 1 aliphatic rings. The predicted molar refractivity (Wildman–Crippen MR) is 108 cm³/mol. The molecular weight excluding hydrogens is 393 g/mol. The summed E-state index contributed by atoms with van der Waals surface area (Å²) in [6.07, 6.45) is 0.00242. The SMILES string of the molecule is O=C(NNC(=O)c1ccc(-c2ccc(F)cc2)s1)C1=NOC(c2ccccc2)C1. The Kier molecular flexibility index (Phi) is 5.35. The zero-order valence-electron chi connectivity index (χ0n) is 15.1. The van der Waals surface area contributed by atoms with Crippen LogP contribution in [0.5, 0.6) is 0 Å². The molecule has 2 aromatic carbocycles. The Bertz CT molecular complexity index is 1060. The average molecular weight is 409 g/mol. The molecule has 2 N–H and O–H groups in total. The summed E-state index contributed by atoms with van der Waals surface area (Å²) in [7, 11) is 0. The molecule has 1 aromatic heterocycles. The molecule has 29 heavy (non-hydrogen) atoms. The first-order valence-corrected chi connectivity index (χ1v) is 9.66. The Labute approximate surface area is 170 Å². The molecule has 1 aliphatic heterocycles. The third-order valence-electron chi connectivity index (χ3n) is 4.35. The lowest BCUT2D eigenvalue weighted by atomic mass is 10.0. The molecule has 0 saturated carbocycles. The minimum atomic E-state index is -0.521. The van der Waals surface area contributed by atoms with Crippen molar-refractivity contribution in [3.05, 3.63) is 83.0 Å². The molecule has 146 valence electrons. The second-order valence-corrected chi connectivity index (χ2v) is 7.41. The molecule has 0 bridgehead atoms. The molecule has 3 aromatic rings. The van der Waals surface area contributed by atoms with Gasteiger partial charge in [0.2, 0.25) is 0 Å². The summed E-state index contributed by atoms with van der Waals surface area (Å²) in [4.78, 5) is 31.1. The number of hydrogen-bond acceptors (Lipinski definition) is 5. The smallest absolute Gasteiger partial charge is 0.287 e. The molecule has 2 heterocycles. The lowest BCUT2D eigenvalue weighted by Crippen LogP contribution is -2.44. The summed E-state index contributed by atoms with van der Waals surface area (Å²) in [6, 6.07) is 18.9. The van der Waals surface area contributed by atoms with Gasteiger partial charge in [-0.15, -0.1) is 11.3 Å². The number of carbonyl (C=O) groups is 2. The second-order valence-electron chi connectivity index (χ2n) is 6.33. The van der Waals surface area contributed by atoms with Gasteiger partial charge in [0, 0.05) is 11.3 Å². The van der Waals surface area contributed by atoms with Crippen molar-refractivity contribution < 1.29 is 18.8 Å². The standard InChI is InChI=1S/C21H16FN3O3S/c22-15-8-6-14(7-9-15)18-10-11-19(29-18)21(27)24-23-20(26)16-12-17(28-25-16)13-4-2-1-3-5-13/h1-11,17H,12H2,(H,23,26)(H,24,27). The fraction of sp³-hybridized carbons (Fsp3) is 0.0952. The number of hydrogen-bond donors (Lipinski definition) is 2. The number of halogens is 1. The van der Waals surface area contributed by atoms with Gasteiger partial charge in [-0.1, -0.05) is 47.6 Å². The molecule has 0 saturated heterocycles. The highest BCUT2D eigenvalue weighted by Gasteiger charge is 2.27. The Hall–Kier alpha value is -3.52. The van der Waals surface area contributed by atoms with Crippen LogP contribution in [0.25, 0.3) is 10.4 Å². The van der Waals surface area contributed by atoms with E-state index in [1.807, 2.05) is 30.3 Å². The molecule has 6 nitrogen and oxygen atoms in total. The maximum atomic E-state index is 13.0. The number of nitrogens with one attached hydrogen (secondary N) is 2. The van der Waals surface area contributed by atoms with Crippen molar-refractivity contribution in [2.24, 2.45) is 5.16 Å². The highest BCUT2D eigenvalue weighted by Crippen LogP contribution is 2.28. The molecule has 0 aliphatic carbocycles. The number of oxime groups is 1. The van der Waals surface area contributed by atoms with Crippen LogP contribution in [-0.2, 0) is 9.63 Å². The van der Waals surface area contributed by atoms with Crippen LogP contribution >= 0.6 is 11.3 Å². The van der Waals surface area contributed by atoms with E-state index in [0.29, 0.717) is 11.3 Å². The Morgan fingerprint density at radius 1 is 0.966 bits per heavy atom. The summed E-state index contributed by atoms with van der Waals surface area (Å²) in [6.45, 7) is 0. The van der Waals surface area contributed by atoms with E-state index >= 15 is 0 Å². The Morgan fingerprint density at radius 2 is 1.69 bits per heavy atom. The van der Waals surface area contributed by atoms with Gasteiger partial charge in [0.05, 0.1) is 4.88 Å². The summed E-state index contributed by atoms with van der Waals surface area (Å²) in [5, 5.41) is 3.82. The van der Waals surface area contributed by atoms with Crippen LogP contribution in [0.2, 0.25) is 0 Å². The maximum absolute atomic E-state index is 13.0. The van der Waals surface area contributed by atoms with Crippen LogP contribution in [0, 0.1) is 5.82 Å². The summed E-state index contributed by atoms with van der Waals surface area (Å²) >= 11 is 1.24. The lowest BCUT2D eigenvalue weighted by molar-refractivity contribution is -0.115. The number of rotatable bonds is 4. The third kappa shape index (κ3) is 4.33.